The second-order valence-electron chi connectivity index (χ2n) is 35.3. The highest BCUT2D eigenvalue weighted by molar-refractivity contribution is 7.46. The zero-order valence-corrected chi connectivity index (χ0v) is 75.5. The molecule has 68 nitrogen and oxygen atoms in total. The summed E-state index contributed by atoms with van der Waals surface area (Å²) in [6.45, 7) is -16.4. The lowest BCUT2D eigenvalue weighted by atomic mass is 9.90. The third kappa shape index (κ3) is 26.0. The number of aliphatic carboxylic acids is 1. The largest absolute Gasteiger partial charge is 0.477 e. The Labute approximate surface area is 797 Å². The van der Waals surface area contributed by atoms with Gasteiger partial charge >= 0.3 is 21.6 Å². The van der Waals surface area contributed by atoms with Gasteiger partial charge in [-0.2, -0.15) is 0 Å². The highest BCUT2D eigenvalue weighted by atomic mass is 31.2. The van der Waals surface area contributed by atoms with Crippen LogP contribution in [0.5, 0.6) is 0 Å². The monoisotopic (exact) mass is 2140 g/mol. The molecule has 0 aromatic heterocycles. The highest BCUT2D eigenvalue weighted by Gasteiger charge is 2.66. The van der Waals surface area contributed by atoms with Gasteiger partial charge in [-0.3, -0.25) is 9.05 Å². The predicted molar refractivity (Wildman–Crippen MR) is 425 cm³/mol. The maximum absolute atomic E-state index is 14.1. The number of aliphatic hydroxyl groups excluding tert-OH is 34. The minimum atomic E-state index is -6.44. The van der Waals surface area contributed by atoms with E-state index in [0.717, 1.165) is 0 Å². The van der Waals surface area contributed by atoms with Crippen LogP contribution >= 0.6 is 15.6 Å². The molecule has 45 N–H and O–H groups in total. The Kier molecular flexibility index (Phi) is 42.2. The normalized spacial score (nSPS) is 49.2. The van der Waals surface area contributed by atoms with Crippen molar-refractivity contribution in [3.63, 3.8) is 0 Å². The number of aliphatic hydroxyl groups is 34. The van der Waals surface area contributed by atoms with Crippen molar-refractivity contribution >= 4 is 21.6 Å². The van der Waals surface area contributed by atoms with Gasteiger partial charge in [0.05, 0.1) is 90.8 Å². The molecule has 142 heavy (non-hydrogen) atoms. The fraction of sp³-hybridized carbons (Fsp3) is 0.986. The second-order valence-corrected chi connectivity index (χ2v) is 37.7. The Morgan fingerprint density at radius 2 is 0.754 bits per heavy atom. The number of hydrogen-bond donors (Lipinski definition) is 42. The minimum absolute atomic E-state index is 0.985. The number of nitrogens with two attached hydrogens (primary N) is 3. The molecule has 58 atom stereocenters. The molecule has 11 saturated heterocycles. The molecule has 0 spiro atoms. The van der Waals surface area contributed by atoms with E-state index in [2.05, 4.69) is 0 Å². The van der Waals surface area contributed by atoms with Crippen molar-refractivity contribution in [1.29, 1.82) is 0 Å². The molecule has 11 aliphatic heterocycles. The average Bonchev–Trinajstić information content (AvgIpc) is 0.806. The van der Waals surface area contributed by atoms with E-state index in [1.165, 1.54) is 0 Å². The molecule has 0 radical (unpaired) electrons. The van der Waals surface area contributed by atoms with E-state index in [4.69, 9.17) is 126 Å². The van der Waals surface area contributed by atoms with Crippen LogP contribution in [0.4, 0.5) is 0 Å². The molecular weight excluding hydrogens is 2010 g/mol. The summed E-state index contributed by atoms with van der Waals surface area (Å²) in [5.41, 5.74) is 17.9. The quantitative estimate of drug-likeness (QED) is 0.0252. The number of hydrogen-bond acceptors (Lipinski definition) is 63. The van der Waals surface area contributed by atoms with Crippen LogP contribution < -0.4 is 17.2 Å². The van der Waals surface area contributed by atoms with Crippen molar-refractivity contribution in [3.05, 3.63) is 0 Å². The lowest BCUT2D eigenvalue weighted by Gasteiger charge is -2.53. The Hall–Kier alpha value is -2.63. The topological polar surface area (TPSA) is 1130 Å². The van der Waals surface area contributed by atoms with Gasteiger partial charge in [0.1, 0.15) is 275 Å². The van der Waals surface area contributed by atoms with E-state index in [-0.39, 0.29) is 0 Å². The van der Waals surface area contributed by atoms with Crippen molar-refractivity contribution < 1.29 is 321 Å². The fourth-order valence-corrected chi connectivity index (χ4v) is 18.7. The van der Waals surface area contributed by atoms with Crippen LogP contribution in [0.2, 0.25) is 0 Å². The van der Waals surface area contributed by atoms with Gasteiger partial charge in [0.25, 0.3) is 5.79 Å². The van der Waals surface area contributed by atoms with E-state index >= 15 is 0 Å². The number of phosphoric acid groups is 2. The standard InChI is InChI=1S/C72H127N3O65P2/c73-26-34(92)31(89)23(122-61(26)109)10-119-63-28(75)36(94)54(140-142(115,116)117)25(128-63)12-120-71(70(110)111)1-17(139-141(112,113)114)55(52(138-71)15(85)3-77)132-68-49(107)57(59(56(133-68)22(8-82)126-64-45(103)37(95)30(88)19(5-79)124-64)136-66-46(104)38(96)32(90)24(127-66)11-121-72(13-83)60(108)33(91)20(6-80)137-72)134-69-58(44(102)43(101)53(131-69)21(7-81)125-65-47(105)39(97)41(99)50(129-65)14(84)2-76)135-67-48(106)40(98)42(100)51(130-67)16(86)9-118-62-27(74)35(93)29(87)18(4-78)123-62/h14-69,76-109H,1-13,73-75H2,(H,110,111)(H2,112,113,114)(H2,115,116,117)/t14-,15+,16-,17+,18+,19+,20+,21-,22-,23+,24+,25+,26+,27+,28+,29+,30+,31+,32+,33+,34+,35+,36+,37-,38-,39-,40-,41-,42-,43-,44-,45+,46+,47-,48-,49-,50+,51+,52+,53+,54+,55+,56+,57+,58-,59+,60-,61-,62-,63+,64+,65-,66-,67+,68-,69+,71+,72+/m0/s1. The Bertz CT molecular complexity index is 3970. The van der Waals surface area contributed by atoms with Gasteiger partial charge in [0.2, 0.25) is 5.79 Å². The lowest BCUT2D eigenvalue weighted by molar-refractivity contribution is -0.422. The molecule has 0 aliphatic carbocycles. The number of phosphoric ester groups is 2. The van der Waals surface area contributed by atoms with Crippen molar-refractivity contribution in [2.45, 2.75) is 361 Å². The van der Waals surface area contributed by atoms with Crippen molar-refractivity contribution in [3.8, 4) is 0 Å². The zero-order valence-electron chi connectivity index (χ0n) is 73.7. The van der Waals surface area contributed by atoms with Crippen LogP contribution in [-0.2, 0) is 122 Å². The minimum Gasteiger partial charge on any atom is -0.477 e. The summed E-state index contributed by atoms with van der Waals surface area (Å²) >= 11 is 0. The zero-order chi connectivity index (χ0) is 105. The molecule has 11 fully saturated rings. The summed E-state index contributed by atoms with van der Waals surface area (Å²) in [6.07, 6.45) is -135. The van der Waals surface area contributed by atoms with Crippen molar-refractivity contribution in [1.82, 2.24) is 0 Å². The Balaban J connectivity index is 1.06. The second kappa shape index (κ2) is 50.1. The van der Waals surface area contributed by atoms with Gasteiger partial charge < -0.3 is 315 Å². The average molecular weight is 2140 g/mol. The van der Waals surface area contributed by atoms with Crippen LogP contribution in [0.3, 0.4) is 0 Å². The lowest BCUT2D eigenvalue weighted by Crippen LogP contribution is -2.71. The number of carboxylic acids is 1. The maximum atomic E-state index is 14.1. The summed E-state index contributed by atoms with van der Waals surface area (Å²) in [6, 6.07) is -5.36. The first kappa shape index (κ1) is 120. The van der Waals surface area contributed by atoms with Crippen molar-refractivity contribution in [2.24, 2.45) is 17.2 Å². The van der Waals surface area contributed by atoms with E-state index in [9.17, 15) is 212 Å². The molecule has 0 saturated carbocycles. The van der Waals surface area contributed by atoms with Crippen LogP contribution in [0.15, 0.2) is 0 Å². The summed E-state index contributed by atoms with van der Waals surface area (Å²) in [5.74, 6) is -9.16. The molecule has 0 aromatic rings. The van der Waals surface area contributed by atoms with Crippen LogP contribution in [0, 0.1) is 0 Å². The van der Waals surface area contributed by atoms with E-state index in [0.29, 0.717) is 0 Å². The van der Waals surface area contributed by atoms with Gasteiger partial charge in [0, 0.05) is 6.42 Å². The van der Waals surface area contributed by atoms with E-state index < -0.39 is 462 Å². The van der Waals surface area contributed by atoms with E-state index in [1.807, 2.05) is 0 Å². The SMILES string of the molecule is N[C@@H]1[C@@H](O)[C@H](O)[C@@H](CO[C@@H]2O[C@H](CO[C@]3(C(=O)O)C[C@@H](OP(=O)(O)O)[C@@H](O[C@H]4O[C@H]([C@H](CO)O[C@H]5O[C@H](CO)[C@@H](O)[C@H](O)[C@H]5O)[C@@H](O[C@@H]5O[C@H](CO[C@]6(CO)O[C@H](CO)[C@@H](O)[C@@H]6O)[C@@H](O)[C@H](O)[C@H]5O)[C@H](O[C@H]5O[C@H]([C@H](CO)O[C@H]6O[C@H]([C@@H](O)CO)[C@@H](O)[C@H](O)[C@@H]6O)[C@@H](O)[C@H](O)[C@@H]5O[C@H]5O[C@H]([C@@H](O)CO[C@H]6O[C@H](CO)[C@@H](O)[C@H](O)[C@H]6N)[C@@H](O)[C@H](O)[C@@H]5O)[C@@H]4O)[C@@H]([C@H](O)CO)O3)[C@@H](OP(=O)(O)O)[C@H](O)[C@H]2N)O[C@@H]1O. The molecule has 0 unspecified atom stereocenters. The van der Waals surface area contributed by atoms with Crippen LogP contribution in [0.1, 0.15) is 6.42 Å². The molecule has 11 heterocycles. The summed E-state index contributed by atoms with van der Waals surface area (Å²) in [7, 11) is -12.4. The fourth-order valence-electron chi connectivity index (χ4n) is 17.6. The predicted octanol–water partition coefficient (Wildman–Crippen LogP) is -27.6. The first-order chi connectivity index (χ1) is 66.6. The first-order valence-electron chi connectivity index (χ1n) is 43.8. The van der Waals surface area contributed by atoms with Crippen molar-refractivity contribution in [2.75, 3.05) is 79.3 Å². The molecule has 830 valence electrons. The van der Waals surface area contributed by atoms with Crippen LogP contribution in [-0.4, -0.2) is 638 Å². The third-order valence-electron chi connectivity index (χ3n) is 25.8. The number of carboxylic acid groups (broad SMARTS) is 1. The molecule has 0 amide bonds. The van der Waals surface area contributed by atoms with Gasteiger partial charge in [-0.15, -0.1) is 0 Å². The van der Waals surface area contributed by atoms with Crippen LogP contribution in [0.25, 0.3) is 0 Å². The van der Waals surface area contributed by atoms with Gasteiger partial charge in [-0.05, 0) is 0 Å². The third-order valence-corrected chi connectivity index (χ3v) is 26.8. The smallest absolute Gasteiger partial charge is 0.470 e. The number of ether oxygens (including phenoxy) is 21. The molecule has 70 heteroatoms. The number of carbonyl (C=O) groups is 1. The summed E-state index contributed by atoms with van der Waals surface area (Å²) < 4.78 is 159. The summed E-state index contributed by atoms with van der Waals surface area (Å²) in [4.78, 5) is 56.0. The Morgan fingerprint density at radius 1 is 0.338 bits per heavy atom. The van der Waals surface area contributed by atoms with Gasteiger partial charge in [-0.25, -0.2) is 13.9 Å². The molecular formula is C72H127N3O65P2. The molecule has 11 rings (SSSR count). The summed E-state index contributed by atoms with van der Waals surface area (Å²) in [5, 5.41) is 393. The molecule has 0 bridgehead atoms. The van der Waals surface area contributed by atoms with E-state index in [1.54, 1.807) is 0 Å². The number of rotatable bonds is 42. The maximum Gasteiger partial charge on any atom is 0.470 e. The Morgan fingerprint density at radius 3 is 1.30 bits per heavy atom. The highest BCUT2D eigenvalue weighted by Crippen LogP contribution is 2.49. The first-order valence-corrected chi connectivity index (χ1v) is 46.9. The van der Waals surface area contributed by atoms with Gasteiger partial charge in [-0.1, -0.05) is 0 Å². The molecule has 11 aliphatic rings. The van der Waals surface area contributed by atoms with Gasteiger partial charge in [0.15, 0.2) is 56.6 Å². The molecule has 0 aromatic carbocycles.